The molecule has 2 amide bonds. The van der Waals surface area contributed by atoms with E-state index < -0.39 is 5.97 Å². The number of hydrogen-bond donors (Lipinski definition) is 2. The minimum atomic E-state index is -0.954. The number of aromatic carboxylic acids is 1. The zero-order valence-electron chi connectivity index (χ0n) is 12.5. The predicted molar refractivity (Wildman–Crippen MR) is 80.7 cm³/mol. The molecule has 0 spiro atoms. The number of carboxylic acids is 1. The summed E-state index contributed by atoms with van der Waals surface area (Å²) >= 11 is 0. The standard InChI is InChI=1S/C16H21N3O3/c20-15(21)14-9-17-8-11-10-19(7-6-13(11)14)16(22)18-12-4-2-1-3-5-12/h8-9,12H,1-7,10H2,(H,18,22)(H,20,21). The fraction of sp³-hybridized carbons (Fsp3) is 0.562. The van der Waals surface area contributed by atoms with Crippen molar-refractivity contribution in [2.75, 3.05) is 6.54 Å². The van der Waals surface area contributed by atoms with E-state index >= 15 is 0 Å². The van der Waals surface area contributed by atoms with Crippen LogP contribution in [0.1, 0.15) is 53.6 Å². The van der Waals surface area contributed by atoms with E-state index in [2.05, 4.69) is 10.3 Å². The Bertz CT molecular complexity index is 582. The van der Waals surface area contributed by atoms with Crippen LogP contribution in [0.3, 0.4) is 0 Å². The zero-order chi connectivity index (χ0) is 15.5. The number of pyridine rings is 1. The van der Waals surface area contributed by atoms with E-state index in [4.69, 9.17) is 0 Å². The lowest BCUT2D eigenvalue weighted by Crippen LogP contribution is -2.47. The number of urea groups is 1. The smallest absolute Gasteiger partial charge is 0.337 e. The third kappa shape index (κ3) is 3.05. The summed E-state index contributed by atoms with van der Waals surface area (Å²) in [5, 5.41) is 12.3. The highest BCUT2D eigenvalue weighted by atomic mass is 16.4. The van der Waals surface area contributed by atoms with Crippen LogP contribution >= 0.6 is 0 Å². The van der Waals surface area contributed by atoms with E-state index in [0.29, 0.717) is 19.5 Å². The maximum atomic E-state index is 12.4. The summed E-state index contributed by atoms with van der Waals surface area (Å²) in [5.74, 6) is -0.954. The highest BCUT2D eigenvalue weighted by Crippen LogP contribution is 2.22. The molecule has 1 saturated carbocycles. The van der Waals surface area contributed by atoms with Crippen molar-refractivity contribution in [1.29, 1.82) is 0 Å². The molecule has 2 aliphatic rings. The molecule has 1 aromatic heterocycles. The minimum Gasteiger partial charge on any atom is -0.478 e. The Morgan fingerprint density at radius 2 is 2.00 bits per heavy atom. The fourth-order valence-corrected chi connectivity index (χ4v) is 3.36. The molecule has 0 atom stereocenters. The highest BCUT2D eigenvalue weighted by Gasteiger charge is 2.26. The number of aromatic nitrogens is 1. The Balaban J connectivity index is 1.67. The van der Waals surface area contributed by atoms with E-state index in [1.54, 1.807) is 11.1 Å². The largest absolute Gasteiger partial charge is 0.478 e. The number of fused-ring (bicyclic) bond motifs is 1. The van der Waals surface area contributed by atoms with Gasteiger partial charge in [0.25, 0.3) is 0 Å². The van der Waals surface area contributed by atoms with Crippen LogP contribution in [-0.2, 0) is 13.0 Å². The van der Waals surface area contributed by atoms with Crippen molar-refractivity contribution in [3.63, 3.8) is 0 Å². The lowest BCUT2D eigenvalue weighted by molar-refractivity contribution is 0.0694. The molecule has 1 fully saturated rings. The SMILES string of the molecule is O=C(O)c1cncc2c1CCN(C(=O)NC1CCCCC1)C2. The first-order chi connectivity index (χ1) is 10.6. The Morgan fingerprint density at radius 1 is 1.23 bits per heavy atom. The van der Waals surface area contributed by atoms with Crippen LogP contribution in [0.4, 0.5) is 4.79 Å². The molecule has 2 N–H and O–H groups in total. The Labute approximate surface area is 129 Å². The van der Waals surface area contributed by atoms with Gasteiger partial charge in [-0.15, -0.1) is 0 Å². The van der Waals surface area contributed by atoms with Crippen molar-refractivity contribution in [3.05, 3.63) is 29.1 Å². The molecule has 1 aromatic rings. The predicted octanol–water partition coefficient (Wildman–Crippen LogP) is 2.18. The van der Waals surface area contributed by atoms with Crippen LogP contribution < -0.4 is 5.32 Å². The molecule has 1 aliphatic heterocycles. The van der Waals surface area contributed by atoms with Crippen LogP contribution in [-0.4, -0.2) is 39.6 Å². The molecule has 0 bridgehead atoms. The number of carboxylic acid groups (broad SMARTS) is 1. The van der Waals surface area contributed by atoms with E-state index in [1.165, 1.54) is 25.5 Å². The zero-order valence-corrected chi connectivity index (χ0v) is 12.5. The summed E-state index contributed by atoms with van der Waals surface area (Å²) < 4.78 is 0. The molecular weight excluding hydrogens is 282 g/mol. The quantitative estimate of drug-likeness (QED) is 0.877. The topological polar surface area (TPSA) is 82.5 Å². The lowest BCUT2D eigenvalue weighted by atomic mass is 9.95. The van der Waals surface area contributed by atoms with Gasteiger partial charge in [0.1, 0.15) is 0 Å². The van der Waals surface area contributed by atoms with Crippen LogP contribution in [0.5, 0.6) is 0 Å². The summed E-state index contributed by atoms with van der Waals surface area (Å²) in [7, 11) is 0. The number of carbonyl (C=O) groups is 2. The number of nitrogens with zero attached hydrogens (tertiary/aromatic N) is 2. The molecule has 6 heteroatoms. The summed E-state index contributed by atoms with van der Waals surface area (Å²) in [6.07, 6.45) is 9.35. The van der Waals surface area contributed by atoms with Crippen molar-refractivity contribution in [2.24, 2.45) is 0 Å². The third-order valence-corrected chi connectivity index (χ3v) is 4.59. The van der Waals surface area contributed by atoms with Crippen molar-refractivity contribution in [2.45, 2.75) is 51.1 Å². The molecule has 2 heterocycles. The average molecular weight is 303 g/mol. The van der Waals surface area contributed by atoms with E-state index in [1.807, 2.05) is 0 Å². The number of carbonyl (C=O) groups excluding carboxylic acids is 1. The molecule has 0 saturated heterocycles. The highest BCUT2D eigenvalue weighted by molar-refractivity contribution is 5.89. The minimum absolute atomic E-state index is 0.0433. The van der Waals surface area contributed by atoms with E-state index in [-0.39, 0.29) is 17.6 Å². The van der Waals surface area contributed by atoms with Crippen molar-refractivity contribution < 1.29 is 14.7 Å². The Morgan fingerprint density at radius 3 is 2.73 bits per heavy atom. The summed E-state index contributed by atoms with van der Waals surface area (Å²) in [4.78, 5) is 29.3. The number of amides is 2. The maximum absolute atomic E-state index is 12.4. The van der Waals surface area contributed by atoms with Crippen LogP contribution in [0.2, 0.25) is 0 Å². The van der Waals surface area contributed by atoms with E-state index in [0.717, 1.165) is 24.0 Å². The number of nitrogens with one attached hydrogen (secondary N) is 1. The average Bonchev–Trinajstić information content (AvgIpc) is 2.54. The summed E-state index contributed by atoms with van der Waals surface area (Å²) in [6, 6.07) is 0.240. The lowest BCUT2D eigenvalue weighted by Gasteiger charge is -2.32. The normalized spacial score (nSPS) is 18.6. The molecule has 0 radical (unpaired) electrons. The maximum Gasteiger partial charge on any atom is 0.337 e. The van der Waals surface area contributed by atoms with Gasteiger partial charge in [-0.1, -0.05) is 19.3 Å². The van der Waals surface area contributed by atoms with Crippen LogP contribution in [0.15, 0.2) is 12.4 Å². The molecule has 1 aliphatic carbocycles. The van der Waals surface area contributed by atoms with Gasteiger partial charge in [0.05, 0.1) is 5.56 Å². The van der Waals surface area contributed by atoms with Crippen LogP contribution in [0.25, 0.3) is 0 Å². The first-order valence-corrected chi connectivity index (χ1v) is 7.89. The molecular formula is C16H21N3O3. The van der Waals surface area contributed by atoms with Crippen molar-refractivity contribution in [1.82, 2.24) is 15.2 Å². The second kappa shape index (κ2) is 6.34. The molecule has 0 aromatic carbocycles. The van der Waals surface area contributed by atoms with Gasteiger partial charge < -0.3 is 15.3 Å². The van der Waals surface area contributed by atoms with Gasteiger partial charge in [0.2, 0.25) is 0 Å². The summed E-state index contributed by atoms with van der Waals surface area (Å²) in [5.41, 5.74) is 1.90. The first kappa shape index (κ1) is 14.8. The van der Waals surface area contributed by atoms with Crippen molar-refractivity contribution in [3.8, 4) is 0 Å². The number of hydrogen-bond acceptors (Lipinski definition) is 3. The molecule has 0 unspecified atom stereocenters. The number of rotatable bonds is 2. The third-order valence-electron chi connectivity index (χ3n) is 4.59. The summed E-state index contributed by atoms with van der Waals surface area (Å²) in [6.45, 7) is 0.984. The van der Waals surface area contributed by atoms with Crippen LogP contribution in [0, 0.1) is 0 Å². The van der Waals surface area contributed by atoms with Gasteiger partial charge in [0.15, 0.2) is 0 Å². The first-order valence-electron chi connectivity index (χ1n) is 7.89. The molecule has 6 nitrogen and oxygen atoms in total. The van der Waals surface area contributed by atoms with Gasteiger partial charge in [-0.3, -0.25) is 4.98 Å². The molecule has 118 valence electrons. The van der Waals surface area contributed by atoms with Gasteiger partial charge in [-0.25, -0.2) is 9.59 Å². The fourth-order valence-electron chi connectivity index (χ4n) is 3.36. The second-order valence-electron chi connectivity index (χ2n) is 6.09. The van der Waals surface area contributed by atoms with E-state index in [9.17, 15) is 14.7 Å². The monoisotopic (exact) mass is 303 g/mol. The van der Waals surface area contributed by atoms with Gasteiger partial charge in [-0.05, 0) is 30.4 Å². The van der Waals surface area contributed by atoms with Crippen molar-refractivity contribution >= 4 is 12.0 Å². The molecule has 22 heavy (non-hydrogen) atoms. The van der Waals surface area contributed by atoms with Gasteiger partial charge in [-0.2, -0.15) is 0 Å². The Hall–Kier alpha value is -2.11. The van der Waals surface area contributed by atoms with Gasteiger partial charge in [0, 0.05) is 31.5 Å². The Kier molecular flexibility index (Phi) is 4.27. The van der Waals surface area contributed by atoms with Gasteiger partial charge >= 0.3 is 12.0 Å². The molecule has 3 rings (SSSR count). The second-order valence-corrected chi connectivity index (χ2v) is 6.09.